The topological polar surface area (TPSA) is 24.5 Å². The lowest BCUT2D eigenvalue weighted by Gasteiger charge is -2.19. The van der Waals surface area contributed by atoms with Crippen molar-refractivity contribution in [2.75, 3.05) is 33.3 Å². The first kappa shape index (κ1) is 12.6. The molecule has 0 bridgehead atoms. The van der Waals surface area contributed by atoms with Crippen LogP contribution in [0, 0.1) is 0 Å². The highest BCUT2D eigenvalue weighted by Gasteiger charge is 2.08. The van der Waals surface area contributed by atoms with Gasteiger partial charge in [-0.3, -0.25) is 4.90 Å². The van der Waals surface area contributed by atoms with E-state index in [1.54, 1.807) is 7.11 Å². The summed E-state index contributed by atoms with van der Waals surface area (Å²) in [5.74, 6) is 0. The van der Waals surface area contributed by atoms with E-state index in [0.29, 0.717) is 6.61 Å². The van der Waals surface area contributed by atoms with Gasteiger partial charge in [-0.2, -0.15) is 0 Å². The minimum absolute atomic E-state index is 0.704. The van der Waals surface area contributed by atoms with Crippen LogP contribution in [0.2, 0.25) is 0 Å². The zero-order valence-electron chi connectivity index (χ0n) is 10.6. The second-order valence-corrected chi connectivity index (χ2v) is 4.63. The largest absolute Gasteiger partial charge is 0.380 e. The fourth-order valence-electron chi connectivity index (χ4n) is 2.30. The summed E-state index contributed by atoms with van der Waals surface area (Å²) in [6, 6.07) is 8.70. The van der Waals surface area contributed by atoms with Crippen molar-refractivity contribution >= 4 is 0 Å². The molecule has 1 aliphatic rings. The molecular formula is C14H22N2O. The SMILES string of the molecule is COCc1cccc(CN2CCCNCC2)c1. The van der Waals surface area contributed by atoms with E-state index < -0.39 is 0 Å². The van der Waals surface area contributed by atoms with Gasteiger partial charge in [0.2, 0.25) is 0 Å². The van der Waals surface area contributed by atoms with Crippen LogP contribution in [0.15, 0.2) is 24.3 Å². The van der Waals surface area contributed by atoms with Crippen LogP contribution in [0.1, 0.15) is 17.5 Å². The Labute approximate surface area is 104 Å². The van der Waals surface area contributed by atoms with Crippen molar-refractivity contribution in [1.82, 2.24) is 10.2 Å². The van der Waals surface area contributed by atoms with Crippen LogP contribution in [0.25, 0.3) is 0 Å². The van der Waals surface area contributed by atoms with E-state index in [1.807, 2.05) is 0 Å². The molecule has 1 N–H and O–H groups in total. The summed E-state index contributed by atoms with van der Waals surface area (Å²) in [6.07, 6.45) is 1.25. The van der Waals surface area contributed by atoms with Crippen LogP contribution in [-0.2, 0) is 17.9 Å². The van der Waals surface area contributed by atoms with Crippen molar-refractivity contribution < 1.29 is 4.74 Å². The van der Waals surface area contributed by atoms with Crippen LogP contribution < -0.4 is 5.32 Å². The number of rotatable bonds is 4. The molecule has 0 saturated carbocycles. The zero-order chi connectivity index (χ0) is 11.9. The summed E-state index contributed by atoms with van der Waals surface area (Å²) < 4.78 is 5.17. The van der Waals surface area contributed by atoms with Crippen molar-refractivity contribution in [2.24, 2.45) is 0 Å². The molecule has 2 rings (SSSR count). The van der Waals surface area contributed by atoms with Crippen LogP contribution >= 0.6 is 0 Å². The summed E-state index contributed by atoms with van der Waals surface area (Å²) in [6.45, 7) is 6.36. The molecule has 94 valence electrons. The second kappa shape index (κ2) is 6.74. The lowest BCUT2D eigenvalue weighted by atomic mass is 10.1. The highest BCUT2D eigenvalue weighted by atomic mass is 16.5. The van der Waals surface area contributed by atoms with Gasteiger partial charge in [0.1, 0.15) is 0 Å². The maximum Gasteiger partial charge on any atom is 0.0713 e. The molecule has 0 spiro atoms. The molecule has 3 heteroatoms. The molecule has 1 aliphatic heterocycles. The molecule has 0 amide bonds. The van der Waals surface area contributed by atoms with Gasteiger partial charge in [-0.05, 0) is 30.6 Å². The van der Waals surface area contributed by atoms with Crippen LogP contribution in [-0.4, -0.2) is 38.2 Å². The van der Waals surface area contributed by atoms with Crippen LogP contribution in [0.3, 0.4) is 0 Å². The number of benzene rings is 1. The average Bonchev–Trinajstić information content (AvgIpc) is 2.59. The van der Waals surface area contributed by atoms with Gasteiger partial charge in [0.05, 0.1) is 6.61 Å². The van der Waals surface area contributed by atoms with Gasteiger partial charge in [-0.15, -0.1) is 0 Å². The second-order valence-electron chi connectivity index (χ2n) is 4.63. The molecule has 0 unspecified atom stereocenters. The maximum absolute atomic E-state index is 5.17. The molecule has 0 radical (unpaired) electrons. The van der Waals surface area contributed by atoms with Gasteiger partial charge in [0, 0.05) is 26.7 Å². The summed E-state index contributed by atoms with van der Waals surface area (Å²) in [5, 5.41) is 3.43. The van der Waals surface area contributed by atoms with Crippen molar-refractivity contribution in [3.05, 3.63) is 35.4 Å². The first-order chi connectivity index (χ1) is 8.38. The Hall–Kier alpha value is -0.900. The molecule has 17 heavy (non-hydrogen) atoms. The number of hydrogen-bond donors (Lipinski definition) is 1. The number of ether oxygens (including phenoxy) is 1. The summed E-state index contributed by atoms with van der Waals surface area (Å²) in [5.41, 5.74) is 2.65. The van der Waals surface area contributed by atoms with Gasteiger partial charge in [0.15, 0.2) is 0 Å². The predicted molar refractivity (Wildman–Crippen MR) is 69.9 cm³/mol. The van der Waals surface area contributed by atoms with E-state index in [-0.39, 0.29) is 0 Å². The fourth-order valence-corrected chi connectivity index (χ4v) is 2.30. The average molecular weight is 234 g/mol. The van der Waals surface area contributed by atoms with Crippen molar-refractivity contribution in [3.63, 3.8) is 0 Å². The molecule has 1 aromatic carbocycles. The predicted octanol–water partition coefficient (Wildman–Crippen LogP) is 1.63. The summed E-state index contributed by atoms with van der Waals surface area (Å²) in [7, 11) is 1.74. The maximum atomic E-state index is 5.17. The van der Waals surface area contributed by atoms with E-state index >= 15 is 0 Å². The van der Waals surface area contributed by atoms with E-state index in [4.69, 9.17) is 4.74 Å². The van der Waals surface area contributed by atoms with Crippen molar-refractivity contribution in [2.45, 2.75) is 19.6 Å². The normalized spacial score (nSPS) is 17.9. The summed E-state index contributed by atoms with van der Waals surface area (Å²) in [4.78, 5) is 2.52. The molecule has 0 aliphatic carbocycles. The van der Waals surface area contributed by atoms with E-state index in [0.717, 1.165) is 26.2 Å². The van der Waals surface area contributed by atoms with Crippen molar-refractivity contribution in [3.8, 4) is 0 Å². The first-order valence-electron chi connectivity index (χ1n) is 6.38. The lowest BCUT2D eigenvalue weighted by Crippen LogP contribution is -2.27. The Morgan fingerprint density at radius 3 is 3.00 bits per heavy atom. The highest BCUT2D eigenvalue weighted by Crippen LogP contribution is 2.10. The third-order valence-corrected chi connectivity index (χ3v) is 3.14. The Morgan fingerprint density at radius 2 is 2.12 bits per heavy atom. The molecule has 0 atom stereocenters. The monoisotopic (exact) mass is 234 g/mol. The minimum Gasteiger partial charge on any atom is -0.380 e. The van der Waals surface area contributed by atoms with E-state index in [2.05, 4.69) is 34.5 Å². The van der Waals surface area contributed by atoms with E-state index in [1.165, 1.54) is 24.1 Å². The van der Waals surface area contributed by atoms with Crippen molar-refractivity contribution in [1.29, 1.82) is 0 Å². The molecule has 1 saturated heterocycles. The Balaban J connectivity index is 1.94. The molecule has 1 fully saturated rings. The van der Waals surface area contributed by atoms with Crippen LogP contribution in [0.4, 0.5) is 0 Å². The molecule has 0 aromatic heterocycles. The molecule has 3 nitrogen and oxygen atoms in total. The number of nitrogens with zero attached hydrogens (tertiary/aromatic N) is 1. The summed E-state index contributed by atoms with van der Waals surface area (Å²) >= 11 is 0. The van der Waals surface area contributed by atoms with E-state index in [9.17, 15) is 0 Å². The molecular weight excluding hydrogens is 212 g/mol. The Morgan fingerprint density at radius 1 is 1.24 bits per heavy atom. The number of methoxy groups -OCH3 is 1. The molecule has 1 heterocycles. The number of nitrogens with one attached hydrogen (secondary N) is 1. The highest BCUT2D eigenvalue weighted by molar-refractivity contribution is 5.22. The fraction of sp³-hybridized carbons (Fsp3) is 0.571. The third kappa shape index (κ3) is 4.11. The smallest absolute Gasteiger partial charge is 0.0713 e. The Kier molecular flexibility index (Phi) is 4.98. The standard InChI is InChI=1S/C14H22N2O/c1-17-12-14-5-2-4-13(10-14)11-16-8-3-6-15-7-9-16/h2,4-5,10,15H,3,6-9,11-12H2,1H3. The van der Waals surface area contributed by atoms with Gasteiger partial charge < -0.3 is 10.1 Å². The quantitative estimate of drug-likeness (QED) is 0.857. The third-order valence-electron chi connectivity index (χ3n) is 3.14. The van der Waals surface area contributed by atoms with Gasteiger partial charge >= 0.3 is 0 Å². The van der Waals surface area contributed by atoms with Gasteiger partial charge in [-0.25, -0.2) is 0 Å². The first-order valence-corrected chi connectivity index (χ1v) is 6.38. The van der Waals surface area contributed by atoms with Crippen LogP contribution in [0.5, 0.6) is 0 Å². The number of hydrogen-bond acceptors (Lipinski definition) is 3. The molecule has 1 aromatic rings. The van der Waals surface area contributed by atoms with Gasteiger partial charge in [0.25, 0.3) is 0 Å². The minimum atomic E-state index is 0.704. The Bertz CT molecular complexity index is 333. The lowest BCUT2D eigenvalue weighted by molar-refractivity contribution is 0.184. The van der Waals surface area contributed by atoms with Gasteiger partial charge in [-0.1, -0.05) is 24.3 Å². The zero-order valence-corrected chi connectivity index (χ0v) is 10.6.